The smallest absolute Gasteiger partial charge is 0.339 e. The third kappa shape index (κ3) is 3.76. The molecule has 0 saturated carbocycles. The number of rotatable bonds is 5. The Balaban J connectivity index is 2.32. The van der Waals surface area contributed by atoms with Crippen LogP contribution >= 0.6 is 11.6 Å². The molecule has 0 aliphatic heterocycles. The third-order valence-electron chi connectivity index (χ3n) is 3.00. The molecule has 4 nitrogen and oxygen atoms in total. The van der Waals surface area contributed by atoms with Gasteiger partial charge < -0.3 is 5.11 Å². The van der Waals surface area contributed by atoms with Gasteiger partial charge in [-0.15, -0.1) is 0 Å². The molecule has 1 N–H and O–H groups in total. The van der Waals surface area contributed by atoms with Gasteiger partial charge in [-0.25, -0.2) is 19.2 Å². The van der Waals surface area contributed by atoms with Gasteiger partial charge in [-0.05, 0) is 24.1 Å². The zero-order chi connectivity index (χ0) is 15.4. The van der Waals surface area contributed by atoms with E-state index in [0.29, 0.717) is 34.9 Å². The molecule has 1 aromatic carbocycles. The second kappa shape index (κ2) is 6.63. The molecule has 110 valence electrons. The highest BCUT2D eigenvalue weighted by Gasteiger charge is 2.14. The number of halogens is 2. The van der Waals surface area contributed by atoms with Crippen LogP contribution in [0.1, 0.15) is 40.8 Å². The number of carboxylic acids is 1. The first kappa shape index (κ1) is 15.4. The molecular formula is C15H14ClFN2O2. The van der Waals surface area contributed by atoms with E-state index < -0.39 is 11.8 Å². The van der Waals surface area contributed by atoms with Gasteiger partial charge >= 0.3 is 5.97 Å². The van der Waals surface area contributed by atoms with Crippen LogP contribution in [0.2, 0.25) is 5.02 Å². The minimum absolute atomic E-state index is 0.116. The molecule has 6 heteroatoms. The van der Waals surface area contributed by atoms with Gasteiger partial charge in [0, 0.05) is 17.6 Å². The molecule has 2 aromatic rings. The summed E-state index contributed by atoms with van der Waals surface area (Å²) in [6.07, 6.45) is 2.99. The topological polar surface area (TPSA) is 63.1 Å². The Labute approximate surface area is 126 Å². The molecule has 0 amide bonds. The van der Waals surface area contributed by atoms with Gasteiger partial charge in [-0.1, -0.05) is 31.0 Å². The summed E-state index contributed by atoms with van der Waals surface area (Å²) in [5.41, 5.74) is 1.32. The maximum absolute atomic E-state index is 13.0. The van der Waals surface area contributed by atoms with Crippen LogP contribution < -0.4 is 0 Å². The van der Waals surface area contributed by atoms with E-state index in [1.54, 1.807) is 6.07 Å². The SMILES string of the molecule is CCCc1nc(Cc2ccc(F)cc2Cl)ncc1C(=O)O. The molecule has 21 heavy (non-hydrogen) atoms. The summed E-state index contributed by atoms with van der Waals surface area (Å²) >= 11 is 5.97. The third-order valence-corrected chi connectivity index (χ3v) is 3.35. The second-order valence-electron chi connectivity index (χ2n) is 4.61. The molecule has 0 spiro atoms. The zero-order valence-electron chi connectivity index (χ0n) is 11.4. The van der Waals surface area contributed by atoms with Crippen LogP contribution in [0.5, 0.6) is 0 Å². The van der Waals surface area contributed by atoms with Gasteiger partial charge in [0.15, 0.2) is 0 Å². The highest BCUT2D eigenvalue weighted by molar-refractivity contribution is 6.31. The monoisotopic (exact) mass is 308 g/mol. The quantitative estimate of drug-likeness (QED) is 0.918. The van der Waals surface area contributed by atoms with E-state index >= 15 is 0 Å². The maximum atomic E-state index is 13.0. The molecular weight excluding hydrogens is 295 g/mol. The van der Waals surface area contributed by atoms with E-state index in [9.17, 15) is 9.18 Å². The first-order valence-electron chi connectivity index (χ1n) is 6.53. The van der Waals surface area contributed by atoms with Crippen molar-refractivity contribution in [2.45, 2.75) is 26.2 Å². The Morgan fingerprint density at radius 3 is 2.81 bits per heavy atom. The van der Waals surface area contributed by atoms with Gasteiger partial charge in [0.25, 0.3) is 0 Å². The number of hydrogen-bond acceptors (Lipinski definition) is 3. The second-order valence-corrected chi connectivity index (χ2v) is 5.02. The van der Waals surface area contributed by atoms with Crippen LogP contribution in [-0.4, -0.2) is 21.0 Å². The molecule has 0 saturated heterocycles. The largest absolute Gasteiger partial charge is 0.478 e. The molecule has 1 heterocycles. The minimum atomic E-state index is -1.04. The molecule has 0 aliphatic carbocycles. The van der Waals surface area contributed by atoms with E-state index in [-0.39, 0.29) is 5.56 Å². The average molecular weight is 309 g/mol. The maximum Gasteiger partial charge on any atom is 0.339 e. The Hall–Kier alpha value is -2.01. The van der Waals surface area contributed by atoms with Crippen molar-refractivity contribution in [1.29, 1.82) is 0 Å². The van der Waals surface area contributed by atoms with E-state index in [2.05, 4.69) is 9.97 Å². The lowest BCUT2D eigenvalue weighted by Crippen LogP contribution is -2.09. The highest BCUT2D eigenvalue weighted by atomic mass is 35.5. The van der Waals surface area contributed by atoms with Gasteiger partial charge in [-0.2, -0.15) is 0 Å². The molecule has 0 unspecified atom stereocenters. The number of nitrogens with zero attached hydrogens (tertiary/aromatic N) is 2. The summed E-state index contributed by atoms with van der Waals surface area (Å²) < 4.78 is 13.0. The fourth-order valence-corrected chi connectivity index (χ4v) is 2.22. The zero-order valence-corrected chi connectivity index (χ0v) is 12.2. The Morgan fingerprint density at radius 2 is 2.19 bits per heavy atom. The van der Waals surface area contributed by atoms with Crippen LogP contribution in [0.3, 0.4) is 0 Å². The average Bonchev–Trinajstić information content (AvgIpc) is 2.42. The van der Waals surface area contributed by atoms with E-state index in [1.165, 1.54) is 18.3 Å². The number of carbonyl (C=O) groups is 1. The van der Waals surface area contributed by atoms with Crippen molar-refractivity contribution in [3.8, 4) is 0 Å². The van der Waals surface area contributed by atoms with Crippen molar-refractivity contribution in [2.24, 2.45) is 0 Å². The lowest BCUT2D eigenvalue weighted by molar-refractivity contribution is 0.0694. The summed E-state index contributed by atoms with van der Waals surface area (Å²) in [6, 6.07) is 4.13. The summed E-state index contributed by atoms with van der Waals surface area (Å²) in [5.74, 6) is -0.973. The van der Waals surface area contributed by atoms with Gasteiger partial charge in [0.05, 0.1) is 11.3 Å². The van der Waals surface area contributed by atoms with Crippen molar-refractivity contribution in [2.75, 3.05) is 0 Å². The standard InChI is InChI=1S/C15H14ClFN2O2/c1-2-3-13-11(15(20)21)8-18-14(19-13)6-9-4-5-10(17)7-12(9)16/h4-5,7-8H,2-3,6H2,1H3,(H,20,21). The lowest BCUT2D eigenvalue weighted by Gasteiger charge is -2.08. The summed E-state index contributed by atoms with van der Waals surface area (Å²) in [4.78, 5) is 19.5. The first-order chi connectivity index (χ1) is 10.0. The normalized spacial score (nSPS) is 10.6. The molecule has 1 aromatic heterocycles. The Bertz CT molecular complexity index is 677. The van der Waals surface area contributed by atoms with Crippen molar-refractivity contribution in [1.82, 2.24) is 9.97 Å². The van der Waals surface area contributed by atoms with E-state index in [0.717, 1.165) is 6.42 Å². The van der Waals surface area contributed by atoms with Crippen LogP contribution in [0, 0.1) is 5.82 Å². The van der Waals surface area contributed by atoms with Crippen molar-refractivity contribution in [3.05, 3.63) is 57.9 Å². The number of aryl methyl sites for hydroxylation is 1. The van der Waals surface area contributed by atoms with E-state index in [1.807, 2.05) is 6.92 Å². The number of benzene rings is 1. The molecule has 2 rings (SSSR count). The van der Waals surface area contributed by atoms with Crippen LogP contribution in [-0.2, 0) is 12.8 Å². The summed E-state index contributed by atoms with van der Waals surface area (Å²) in [5, 5.41) is 9.41. The molecule has 0 radical (unpaired) electrons. The molecule has 0 bridgehead atoms. The predicted octanol–water partition coefficient (Wildman–Crippen LogP) is 3.51. The minimum Gasteiger partial charge on any atom is -0.478 e. The Kier molecular flexibility index (Phi) is 4.85. The highest BCUT2D eigenvalue weighted by Crippen LogP contribution is 2.20. The molecule has 0 fully saturated rings. The van der Waals surface area contributed by atoms with E-state index in [4.69, 9.17) is 16.7 Å². The number of carboxylic acid groups (broad SMARTS) is 1. The van der Waals surface area contributed by atoms with Crippen LogP contribution in [0.25, 0.3) is 0 Å². The van der Waals surface area contributed by atoms with Gasteiger partial charge in [0.1, 0.15) is 11.6 Å². The summed E-state index contributed by atoms with van der Waals surface area (Å²) in [7, 11) is 0. The fourth-order valence-electron chi connectivity index (χ4n) is 1.99. The van der Waals surface area contributed by atoms with Crippen LogP contribution in [0.4, 0.5) is 4.39 Å². The number of aromatic nitrogens is 2. The van der Waals surface area contributed by atoms with Crippen LogP contribution in [0.15, 0.2) is 24.4 Å². The number of hydrogen-bond donors (Lipinski definition) is 1. The van der Waals surface area contributed by atoms with Gasteiger partial charge in [0.2, 0.25) is 0 Å². The molecule has 0 atom stereocenters. The van der Waals surface area contributed by atoms with Gasteiger partial charge in [-0.3, -0.25) is 0 Å². The van der Waals surface area contributed by atoms with Crippen molar-refractivity contribution >= 4 is 17.6 Å². The van der Waals surface area contributed by atoms with Crippen molar-refractivity contribution < 1.29 is 14.3 Å². The Morgan fingerprint density at radius 1 is 1.43 bits per heavy atom. The number of aromatic carboxylic acids is 1. The molecule has 0 aliphatic rings. The lowest BCUT2D eigenvalue weighted by atomic mass is 10.1. The van der Waals surface area contributed by atoms with Crippen molar-refractivity contribution in [3.63, 3.8) is 0 Å². The first-order valence-corrected chi connectivity index (χ1v) is 6.91. The fraction of sp³-hybridized carbons (Fsp3) is 0.267. The predicted molar refractivity (Wildman–Crippen MR) is 77.2 cm³/mol. The summed E-state index contributed by atoms with van der Waals surface area (Å²) in [6.45, 7) is 1.95.